The lowest BCUT2D eigenvalue weighted by Gasteiger charge is -2.44. The Bertz CT molecular complexity index is 2820. The van der Waals surface area contributed by atoms with Gasteiger partial charge in [0.1, 0.15) is 49.3 Å². The van der Waals surface area contributed by atoms with E-state index < -0.39 is 91.5 Å². The summed E-state index contributed by atoms with van der Waals surface area (Å²) in [5.41, 5.74) is 4.31. The van der Waals surface area contributed by atoms with Gasteiger partial charge in [-0.2, -0.15) is 0 Å². The molecule has 2 aliphatic heterocycles. The first-order valence-electron chi connectivity index (χ1n) is 22.4. The van der Waals surface area contributed by atoms with Gasteiger partial charge in [0.25, 0.3) is 0 Å². The normalized spacial score (nSPS) is 23.8. The molecule has 22 heteroatoms. The quantitative estimate of drug-likeness (QED) is 0.0698. The first-order chi connectivity index (χ1) is 34.5. The van der Waals surface area contributed by atoms with Crippen LogP contribution < -0.4 is 0 Å². The van der Waals surface area contributed by atoms with E-state index in [9.17, 15) is 39.6 Å². The highest BCUT2D eigenvalue weighted by atomic mass is 35.5. The monoisotopic (exact) mass is 1060 g/mol. The molecular formula is C50H50Cl2N4O14S2. The van der Waals surface area contributed by atoms with E-state index in [-0.39, 0.29) is 6.61 Å². The SMILES string of the molecule is CC(=O)OC[C@H]1O[C@@H](c2ccc(Cl)c(Cc3ccc(-c4cnccn4)s3)c2)[C@H](OC(C)=O)[C@@H](OC(C)=O)[C@@H]1OC(C)=O.OC[C@H]1O[C@@H](c2ccc(Cl)c(Cc3ccc(-c4cnccn4)s3)c2)[C@H](O)[C@@H](O)[C@@H]1O. The largest absolute Gasteiger partial charge is 0.463 e. The first-order valence-corrected chi connectivity index (χ1v) is 24.8. The van der Waals surface area contributed by atoms with E-state index in [1.807, 2.05) is 36.4 Å². The molecule has 18 nitrogen and oxygen atoms in total. The van der Waals surface area contributed by atoms with Gasteiger partial charge in [0.05, 0.1) is 40.1 Å². The van der Waals surface area contributed by atoms with Gasteiger partial charge in [0.2, 0.25) is 0 Å². The van der Waals surface area contributed by atoms with Crippen LogP contribution in [0.4, 0.5) is 0 Å². The molecule has 2 saturated heterocycles. The van der Waals surface area contributed by atoms with Crippen LogP contribution in [0.25, 0.3) is 21.1 Å². The minimum atomic E-state index is -1.42. The number of esters is 4. The number of thiophene rings is 2. The summed E-state index contributed by atoms with van der Waals surface area (Å²) in [5, 5.41) is 40.9. The van der Waals surface area contributed by atoms with E-state index in [0.29, 0.717) is 34.0 Å². The Labute approximate surface area is 431 Å². The lowest BCUT2D eigenvalue weighted by Crippen LogP contribution is -2.59. The van der Waals surface area contributed by atoms with E-state index >= 15 is 0 Å². The Hall–Kier alpha value is -5.78. The fourth-order valence-corrected chi connectivity index (χ4v) is 10.5. The van der Waals surface area contributed by atoms with Gasteiger partial charge in [0, 0.05) is 85.1 Å². The smallest absolute Gasteiger partial charge is 0.303 e. The molecule has 380 valence electrons. The van der Waals surface area contributed by atoms with Crippen molar-refractivity contribution in [2.45, 2.75) is 102 Å². The molecule has 2 aliphatic rings. The maximum Gasteiger partial charge on any atom is 0.303 e. The Kier molecular flexibility index (Phi) is 18.6. The van der Waals surface area contributed by atoms with E-state index in [4.69, 9.17) is 51.6 Å². The van der Waals surface area contributed by atoms with Crippen LogP contribution in [0.1, 0.15) is 71.9 Å². The first kappa shape index (κ1) is 54.0. The average molecular weight is 1070 g/mol. The molecule has 4 N–H and O–H groups in total. The lowest BCUT2D eigenvalue weighted by atomic mass is 9.89. The molecule has 0 aliphatic carbocycles. The number of carbonyl (C=O) groups excluding carboxylic acids is 4. The second-order valence-electron chi connectivity index (χ2n) is 16.6. The minimum Gasteiger partial charge on any atom is -0.463 e. The molecule has 0 unspecified atom stereocenters. The highest BCUT2D eigenvalue weighted by Gasteiger charge is 2.52. The van der Waals surface area contributed by atoms with Crippen LogP contribution >= 0.6 is 45.9 Å². The zero-order chi connectivity index (χ0) is 51.6. The van der Waals surface area contributed by atoms with Crippen LogP contribution in [-0.4, -0.2) is 126 Å². The number of benzene rings is 2. The Morgan fingerprint density at radius 2 is 1.07 bits per heavy atom. The zero-order valence-corrected chi connectivity index (χ0v) is 42.2. The number of ether oxygens (including phenoxy) is 6. The third-order valence-corrected chi connectivity index (χ3v) is 14.3. The summed E-state index contributed by atoms with van der Waals surface area (Å²) in [6.45, 7) is 3.99. The van der Waals surface area contributed by atoms with Gasteiger partial charge in [-0.3, -0.25) is 39.1 Å². The van der Waals surface area contributed by atoms with Crippen LogP contribution in [0, 0.1) is 0 Å². The van der Waals surface area contributed by atoms with Crippen LogP contribution in [-0.2, 0) is 60.4 Å². The van der Waals surface area contributed by atoms with Gasteiger partial charge in [0.15, 0.2) is 18.3 Å². The van der Waals surface area contributed by atoms with Crippen molar-refractivity contribution in [2.75, 3.05) is 13.2 Å². The van der Waals surface area contributed by atoms with Crippen molar-refractivity contribution in [1.29, 1.82) is 0 Å². The zero-order valence-electron chi connectivity index (χ0n) is 39.1. The molecule has 2 fully saturated rings. The number of halogens is 2. The Morgan fingerprint density at radius 1 is 0.583 bits per heavy atom. The average Bonchev–Trinajstić information content (AvgIpc) is 4.04. The highest BCUT2D eigenvalue weighted by molar-refractivity contribution is 7.15. The topological polar surface area (TPSA) is 256 Å². The van der Waals surface area contributed by atoms with Crippen molar-refractivity contribution in [2.24, 2.45) is 0 Å². The highest BCUT2D eigenvalue weighted by Crippen LogP contribution is 2.40. The molecule has 6 aromatic rings. The predicted octanol–water partition coefficient (Wildman–Crippen LogP) is 6.21. The van der Waals surface area contributed by atoms with E-state index in [1.165, 1.54) is 27.7 Å². The number of aromatic nitrogens is 4. The molecule has 8 rings (SSSR count). The summed E-state index contributed by atoms with van der Waals surface area (Å²) in [4.78, 5) is 68.9. The number of nitrogens with zero attached hydrogens (tertiary/aromatic N) is 4. The van der Waals surface area contributed by atoms with Crippen molar-refractivity contribution in [1.82, 2.24) is 19.9 Å². The van der Waals surface area contributed by atoms with Crippen molar-refractivity contribution >= 4 is 69.8 Å². The van der Waals surface area contributed by atoms with Crippen LogP contribution in [0.2, 0.25) is 10.0 Å². The van der Waals surface area contributed by atoms with Gasteiger partial charge in [-0.05, 0) is 58.7 Å². The molecule has 4 aromatic heterocycles. The van der Waals surface area contributed by atoms with E-state index in [2.05, 4.69) is 19.9 Å². The van der Waals surface area contributed by atoms with Gasteiger partial charge in [-0.1, -0.05) is 47.5 Å². The number of rotatable bonds is 14. The van der Waals surface area contributed by atoms with E-state index in [1.54, 1.807) is 84.1 Å². The van der Waals surface area contributed by atoms with Crippen molar-refractivity contribution < 1.29 is 68.0 Å². The van der Waals surface area contributed by atoms with E-state index in [0.717, 1.165) is 42.0 Å². The maximum atomic E-state index is 12.2. The molecule has 0 amide bonds. The van der Waals surface area contributed by atoms with Crippen LogP contribution in [0.5, 0.6) is 0 Å². The standard InChI is InChI=1S/C29H29ClN2O9S.C21H21ClN2O5S/c1-15(33)37-14-24-27(38-16(2)34)29(40-18(4)36)28(39-17(3)35)26(41-24)19-5-7-22(30)20(11-19)12-21-6-8-25(42-21)23-13-31-9-10-32-23;22-14-3-1-11(21-20(28)19(27)18(26)16(10-25)29-21)7-12(14)8-13-2-4-17(30-13)15-9-23-5-6-24-15/h5-11,13,24,26-29H,12,14H2,1-4H3;1-7,9,16,18-21,25-28H,8,10H2/t24-,26+,27-,28+,29+;16-,18-,19+,20-,21+/m11/s1. The molecule has 0 radical (unpaired) electrons. The number of aliphatic hydroxyl groups is 4. The molecule has 72 heavy (non-hydrogen) atoms. The molecule has 2 aromatic carbocycles. The molecule has 0 bridgehead atoms. The number of carbonyl (C=O) groups is 4. The maximum absolute atomic E-state index is 12.2. The number of hydrogen-bond donors (Lipinski definition) is 4. The van der Waals surface area contributed by atoms with Gasteiger partial charge in [-0.15, -0.1) is 22.7 Å². The van der Waals surface area contributed by atoms with Gasteiger partial charge in [-0.25, -0.2) is 0 Å². The van der Waals surface area contributed by atoms with Crippen LogP contribution in [0.15, 0.2) is 97.8 Å². The van der Waals surface area contributed by atoms with Crippen molar-refractivity contribution in [3.63, 3.8) is 0 Å². The third-order valence-electron chi connectivity index (χ3n) is 11.4. The molecule has 6 heterocycles. The van der Waals surface area contributed by atoms with Crippen molar-refractivity contribution in [3.05, 3.63) is 140 Å². The summed E-state index contributed by atoms with van der Waals surface area (Å²) < 4.78 is 33.7. The molecule has 10 atom stereocenters. The fourth-order valence-electron chi connectivity index (χ4n) is 8.14. The second-order valence-corrected chi connectivity index (χ2v) is 19.8. The number of hydrogen-bond acceptors (Lipinski definition) is 20. The molecule has 0 saturated carbocycles. The Morgan fingerprint density at radius 3 is 1.54 bits per heavy atom. The van der Waals surface area contributed by atoms with Crippen LogP contribution in [0.3, 0.4) is 0 Å². The summed E-state index contributed by atoms with van der Waals surface area (Å²) in [5.74, 6) is -2.66. The van der Waals surface area contributed by atoms with Gasteiger partial charge < -0.3 is 48.8 Å². The van der Waals surface area contributed by atoms with Crippen molar-refractivity contribution in [3.8, 4) is 21.1 Å². The number of aliphatic hydroxyl groups excluding tert-OH is 4. The minimum absolute atomic E-state index is 0.310. The van der Waals surface area contributed by atoms with Gasteiger partial charge >= 0.3 is 23.9 Å². The summed E-state index contributed by atoms with van der Waals surface area (Å²) in [6.07, 6.45) is -0.801. The second kappa shape index (κ2) is 24.8. The molecular weight excluding hydrogens is 1020 g/mol. The predicted molar refractivity (Wildman–Crippen MR) is 263 cm³/mol. The summed E-state index contributed by atoms with van der Waals surface area (Å²) >= 11 is 16.1. The Balaban J connectivity index is 0.000000223. The lowest BCUT2D eigenvalue weighted by molar-refractivity contribution is -0.254. The third kappa shape index (κ3) is 13.6. The fraction of sp³-hybridized carbons (Fsp3) is 0.360. The summed E-state index contributed by atoms with van der Waals surface area (Å²) in [7, 11) is 0. The molecule has 0 spiro atoms. The summed E-state index contributed by atoms with van der Waals surface area (Å²) in [6, 6.07) is 18.4.